The summed E-state index contributed by atoms with van der Waals surface area (Å²) in [4.78, 5) is 14.1. The summed E-state index contributed by atoms with van der Waals surface area (Å²) in [5.41, 5.74) is 2.21. The number of likely N-dealkylation sites (N-methyl/N-ethyl adjacent to an activating group) is 1. The first-order chi connectivity index (χ1) is 9.15. The number of ether oxygens (including phenoxy) is 1. The van der Waals surface area contributed by atoms with Crippen molar-refractivity contribution < 1.29 is 9.53 Å². The maximum Gasteiger partial charge on any atom is 0.325 e. The molecular formula is C16H25NO2. The minimum atomic E-state index is -0.167. The van der Waals surface area contributed by atoms with E-state index in [0.717, 1.165) is 42.8 Å². The fourth-order valence-electron chi connectivity index (χ4n) is 2.10. The molecule has 1 rings (SSSR count). The Bertz CT molecular complexity index is 389. The van der Waals surface area contributed by atoms with Crippen LogP contribution in [-0.2, 0) is 17.6 Å². The second-order valence-corrected chi connectivity index (χ2v) is 4.55. The third-order valence-corrected chi connectivity index (χ3v) is 3.40. The number of hydrogen-bond donors (Lipinski definition) is 0. The molecule has 0 unspecified atom stereocenters. The van der Waals surface area contributed by atoms with E-state index in [1.165, 1.54) is 0 Å². The molecule has 1 aromatic rings. The molecule has 0 bridgehead atoms. The number of benzene rings is 1. The van der Waals surface area contributed by atoms with Crippen molar-refractivity contribution in [3.8, 4) is 5.75 Å². The van der Waals surface area contributed by atoms with E-state index >= 15 is 0 Å². The third-order valence-electron chi connectivity index (χ3n) is 3.40. The van der Waals surface area contributed by atoms with Gasteiger partial charge in [0.1, 0.15) is 5.75 Å². The SMILES string of the molecule is CCc1cccc(CC)c1OC(=O)CN(CC)CC. The van der Waals surface area contributed by atoms with E-state index in [-0.39, 0.29) is 5.97 Å². The van der Waals surface area contributed by atoms with Crippen molar-refractivity contribution in [1.29, 1.82) is 0 Å². The van der Waals surface area contributed by atoms with Gasteiger partial charge in [0.25, 0.3) is 0 Å². The van der Waals surface area contributed by atoms with Gasteiger partial charge in [0.05, 0.1) is 6.54 Å². The van der Waals surface area contributed by atoms with Crippen LogP contribution in [0.1, 0.15) is 38.8 Å². The van der Waals surface area contributed by atoms with Crippen molar-refractivity contribution in [3.63, 3.8) is 0 Å². The van der Waals surface area contributed by atoms with E-state index in [1.54, 1.807) is 0 Å². The normalized spacial score (nSPS) is 10.8. The number of esters is 1. The monoisotopic (exact) mass is 263 g/mol. The zero-order valence-corrected chi connectivity index (χ0v) is 12.5. The number of rotatable bonds is 7. The molecule has 0 radical (unpaired) electrons. The van der Waals surface area contributed by atoms with Gasteiger partial charge in [-0.05, 0) is 37.1 Å². The Morgan fingerprint density at radius 3 is 2.00 bits per heavy atom. The molecule has 0 saturated carbocycles. The number of carbonyl (C=O) groups excluding carboxylic acids is 1. The number of para-hydroxylation sites is 1. The largest absolute Gasteiger partial charge is 0.425 e. The van der Waals surface area contributed by atoms with Gasteiger partial charge in [0.2, 0.25) is 0 Å². The summed E-state index contributed by atoms with van der Waals surface area (Å²) in [5, 5.41) is 0. The molecule has 0 N–H and O–H groups in total. The molecule has 0 fully saturated rings. The minimum Gasteiger partial charge on any atom is -0.425 e. The van der Waals surface area contributed by atoms with Crippen molar-refractivity contribution in [2.24, 2.45) is 0 Å². The summed E-state index contributed by atoms with van der Waals surface area (Å²) >= 11 is 0. The van der Waals surface area contributed by atoms with Crippen molar-refractivity contribution in [3.05, 3.63) is 29.3 Å². The topological polar surface area (TPSA) is 29.5 Å². The zero-order chi connectivity index (χ0) is 14.3. The maximum absolute atomic E-state index is 12.0. The molecule has 106 valence electrons. The van der Waals surface area contributed by atoms with Crippen LogP contribution in [0.4, 0.5) is 0 Å². The van der Waals surface area contributed by atoms with E-state index in [1.807, 2.05) is 32.0 Å². The van der Waals surface area contributed by atoms with Gasteiger partial charge in [-0.25, -0.2) is 0 Å². The summed E-state index contributed by atoms with van der Waals surface area (Å²) in [5.74, 6) is 0.601. The van der Waals surface area contributed by atoms with E-state index in [2.05, 4.69) is 18.7 Å². The summed E-state index contributed by atoms with van der Waals surface area (Å²) in [6.45, 7) is 10.3. The van der Waals surface area contributed by atoms with Crippen molar-refractivity contribution >= 4 is 5.97 Å². The highest BCUT2D eigenvalue weighted by atomic mass is 16.5. The Morgan fingerprint density at radius 2 is 1.58 bits per heavy atom. The van der Waals surface area contributed by atoms with Crippen LogP contribution in [0.5, 0.6) is 5.75 Å². The lowest BCUT2D eigenvalue weighted by atomic mass is 10.0. The average molecular weight is 263 g/mol. The summed E-state index contributed by atoms with van der Waals surface area (Å²) in [7, 11) is 0. The lowest BCUT2D eigenvalue weighted by molar-refractivity contribution is -0.135. The molecular weight excluding hydrogens is 238 g/mol. The van der Waals surface area contributed by atoms with Crippen molar-refractivity contribution in [1.82, 2.24) is 4.90 Å². The predicted octanol–water partition coefficient (Wildman–Crippen LogP) is 3.06. The Balaban J connectivity index is 2.83. The van der Waals surface area contributed by atoms with Gasteiger partial charge >= 0.3 is 5.97 Å². The van der Waals surface area contributed by atoms with Crippen LogP contribution >= 0.6 is 0 Å². The van der Waals surface area contributed by atoms with Crippen molar-refractivity contribution in [2.75, 3.05) is 19.6 Å². The van der Waals surface area contributed by atoms with Gasteiger partial charge < -0.3 is 4.74 Å². The van der Waals surface area contributed by atoms with Gasteiger partial charge in [0.15, 0.2) is 0 Å². The van der Waals surface area contributed by atoms with Crippen LogP contribution in [0, 0.1) is 0 Å². The van der Waals surface area contributed by atoms with Gasteiger partial charge in [-0.1, -0.05) is 45.9 Å². The number of carbonyl (C=O) groups is 1. The summed E-state index contributed by atoms with van der Waals surface area (Å²) in [6.07, 6.45) is 1.75. The molecule has 0 spiro atoms. The second kappa shape index (κ2) is 7.95. The van der Waals surface area contributed by atoms with E-state index in [0.29, 0.717) is 6.54 Å². The van der Waals surface area contributed by atoms with Crippen LogP contribution < -0.4 is 4.74 Å². The maximum atomic E-state index is 12.0. The number of aryl methyl sites for hydroxylation is 2. The molecule has 0 aromatic heterocycles. The molecule has 0 aliphatic rings. The van der Waals surface area contributed by atoms with Gasteiger partial charge in [-0.3, -0.25) is 9.69 Å². The van der Waals surface area contributed by atoms with E-state index < -0.39 is 0 Å². The Labute approximate surface area is 116 Å². The smallest absolute Gasteiger partial charge is 0.325 e. The first kappa shape index (κ1) is 15.7. The fraction of sp³-hybridized carbons (Fsp3) is 0.562. The molecule has 0 saturated heterocycles. The summed E-state index contributed by atoms with van der Waals surface area (Å²) < 4.78 is 5.61. The van der Waals surface area contributed by atoms with E-state index in [4.69, 9.17) is 4.74 Å². The highest BCUT2D eigenvalue weighted by Crippen LogP contribution is 2.25. The molecule has 0 atom stereocenters. The zero-order valence-electron chi connectivity index (χ0n) is 12.5. The highest BCUT2D eigenvalue weighted by molar-refractivity contribution is 5.75. The van der Waals surface area contributed by atoms with E-state index in [9.17, 15) is 4.79 Å². The highest BCUT2D eigenvalue weighted by Gasteiger charge is 2.14. The minimum absolute atomic E-state index is 0.167. The van der Waals surface area contributed by atoms with Gasteiger partial charge in [-0.2, -0.15) is 0 Å². The molecule has 0 aliphatic carbocycles. The molecule has 3 heteroatoms. The van der Waals surface area contributed by atoms with Gasteiger partial charge in [0, 0.05) is 0 Å². The van der Waals surface area contributed by atoms with Crippen LogP contribution in [0.3, 0.4) is 0 Å². The lowest BCUT2D eigenvalue weighted by Gasteiger charge is -2.18. The first-order valence-corrected chi connectivity index (χ1v) is 7.19. The van der Waals surface area contributed by atoms with Crippen LogP contribution in [0.2, 0.25) is 0 Å². The first-order valence-electron chi connectivity index (χ1n) is 7.19. The molecule has 3 nitrogen and oxygen atoms in total. The van der Waals surface area contributed by atoms with Crippen LogP contribution in [-0.4, -0.2) is 30.5 Å². The quantitative estimate of drug-likeness (QED) is 0.559. The summed E-state index contributed by atoms with van der Waals surface area (Å²) in [6, 6.07) is 6.08. The van der Waals surface area contributed by atoms with Crippen molar-refractivity contribution in [2.45, 2.75) is 40.5 Å². The molecule has 0 amide bonds. The standard InChI is InChI=1S/C16H25NO2/c1-5-13-10-9-11-14(6-2)16(13)19-15(18)12-17(7-3)8-4/h9-11H,5-8,12H2,1-4H3. The lowest BCUT2D eigenvalue weighted by Crippen LogP contribution is -2.32. The Morgan fingerprint density at radius 1 is 1.05 bits per heavy atom. The number of hydrogen-bond acceptors (Lipinski definition) is 3. The predicted molar refractivity (Wildman–Crippen MR) is 78.6 cm³/mol. The number of nitrogens with zero attached hydrogens (tertiary/aromatic N) is 1. The molecule has 0 heterocycles. The second-order valence-electron chi connectivity index (χ2n) is 4.55. The third kappa shape index (κ3) is 4.35. The van der Waals surface area contributed by atoms with Crippen LogP contribution in [0.25, 0.3) is 0 Å². The molecule has 1 aromatic carbocycles. The van der Waals surface area contributed by atoms with Gasteiger partial charge in [-0.15, -0.1) is 0 Å². The Hall–Kier alpha value is -1.35. The average Bonchev–Trinajstić information content (AvgIpc) is 2.44. The fourth-order valence-corrected chi connectivity index (χ4v) is 2.10. The molecule has 0 aliphatic heterocycles. The van der Waals surface area contributed by atoms with Crippen LogP contribution in [0.15, 0.2) is 18.2 Å². The Kier molecular flexibility index (Phi) is 6.57. The molecule has 19 heavy (non-hydrogen) atoms.